The minimum absolute atomic E-state index is 0.331. The van der Waals surface area contributed by atoms with Crippen LogP contribution in [0.5, 0.6) is 0 Å². The highest BCUT2D eigenvalue weighted by Crippen LogP contribution is 2.16. The van der Waals surface area contributed by atoms with Crippen LogP contribution in [0, 0.1) is 6.92 Å². The molecule has 3 rings (SSSR count). The molecule has 0 aliphatic rings. The zero-order valence-electron chi connectivity index (χ0n) is 14.3. The molecule has 0 spiro atoms. The largest absolute Gasteiger partial charge is 0.294 e. The minimum Gasteiger partial charge on any atom is -0.294 e. The van der Waals surface area contributed by atoms with Crippen LogP contribution in [0.3, 0.4) is 0 Å². The van der Waals surface area contributed by atoms with Gasteiger partial charge in [0.25, 0.3) is 5.91 Å². The molecule has 6 heteroatoms. The second-order valence-corrected chi connectivity index (χ2v) is 6.58. The number of hydrogen-bond donors (Lipinski definition) is 1. The molecular formula is C19H19ClN4O. The number of hydrazone groups is 1. The Labute approximate surface area is 151 Å². The zero-order valence-corrected chi connectivity index (χ0v) is 15.1. The molecule has 25 heavy (non-hydrogen) atoms. The molecule has 0 saturated carbocycles. The normalized spacial score (nSPS) is 11.6. The smallest absolute Gasteiger partial charge is 0.290 e. The Kier molecular flexibility index (Phi) is 4.86. The highest BCUT2D eigenvalue weighted by atomic mass is 35.5. The molecule has 1 aromatic carbocycles. The summed E-state index contributed by atoms with van der Waals surface area (Å²) in [4.78, 5) is 16.8. The number of aryl methyl sites for hydroxylation is 1. The van der Waals surface area contributed by atoms with Crippen LogP contribution in [0.4, 0.5) is 0 Å². The number of carbonyl (C=O) groups is 1. The molecule has 0 aliphatic carbocycles. The molecule has 2 aromatic heterocycles. The van der Waals surface area contributed by atoms with Crippen molar-refractivity contribution < 1.29 is 4.79 Å². The van der Waals surface area contributed by atoms with Crippen LogP contribution in [0.2, 0.25) is 5.02 Å². The van der Waals surface area contributed by atoms with Crippen molar-refractivity contribution in [1.29, 1.82) is 0 Å². The standard InChI is InChI=1S/C19H19ClN4O/c1-12(2)15-6-4-14(5-7-15)10-21-23-19(25)18-13(3)22-17-9-8-16(20)11-24(17)18/h4-12H,1-3H3,(H,23,25)/b21-10+. The maximum Gasteiger partial charge on any atom is 0.290 e. The number of halogens is 1. The van der Waals surface area contributed by atoms with Crippen molar-refractivity contribution in [3.63, 3.8) is 0 Å². The first kappa shape index (κ1) is 17.2. The minimum atomic E-state index is -0.331. The van der Waals surface area contributed by atoms with Crippen molar-refractivity contribution in [2.45, 2.75) is 26.7 Å². The summed E-state index contributed by atoms with van der Waals surface area (Å²) in [5.41, 5.74) is 6.44. The molecule has 128 valence electrons. The van der Waals surface area contributed by atoms with Crippen molar-refractivity contribution in [3.8, 4) is 0 Å². The fourth-order valence-corrected chi connectivity index (χ4v) is 2.76. The molecule has 5 nitrogen and oxygen atoms in total. The Morgan fingerprint density at radius 3 is 2.64 bits per heavy atom. The van der Waals surface area contributed by atoms with Gasteiger partial charge in [-0.1, -0.05) is 49.7 Å². The highest BCUT2D eigenvalue weighted by molar-refractivity contribution is 6.30. The predicted octanol–water partition coefficient (Wildman–Crippen LogP) is 4.18. The van der Waals surface area contributed by atoms with Crippen LogP contribution in [0.15, 0.2) is 47.7 Å². The highest BCUT2D eigenvalue weighted by Gasteiger charge is 2.16. The number of amides is 1. The maximum atomic E-state index is 12.5. The maximum absolute atomic E-state index is 12.5. The van der Waals surface area contributed by atoms with E-state index in [1.165, 1.54) is 5.56 Å². The average molecular weight is 355 g/mol. The molecule has 0 atom stereocenters. The molecule has 0 bridgehead atoms. The van der Waals surface area contributed by atoms with Crippen molar-refractivity contribution in [2.24, 2.45) is 5.10 Å². The van der Waals surface area contributed by atoms with E-state index in [-0.39, 0.29) is 5.91 Å². The third kappa shape index (κ3) is 3.72. The van der Waals surface area contributed by atoms with E-state index >= 15 is 0 Å². The molecule has 1 amide bonds. The van der Waals surface area contributed by atoms with Crippen LogP contribution in [-0.4, -0.2) is 21.5 Å². The van der Waals surface area contributed by atoms with E-state index in [0.717, 1.165) is 5.56 Å². The predicted molar refractivity (Wildman–Crippen MR) is 101 cm³/mol. The van der Waals surface area contributed by atoms with Gasteiger partial charge in [-0.25, -0.2) is 10.4 Å². The number of benzene rings is 1. The van der Waals surface area contributed by atoms with Crippen LogP contribution in [-0.2, 0) is 0 Å². The number of fused-ring (bicyclic) bond motifs is 1. The molecule has 3 aromatic rings. The number of nitrogens with zero attached hydrogens (tertiary/aromatic N) is 3. The van der Waals surface area contributed by atoms with Gasteiger partial charge in [-0.05, 0) is 36.1 Å². The fourth-order valence-electron chi connectivity index (χ4n) is 2.60. The van der Waals surface area contributed by atoms with Gasteiger partial charge >= 0.3 is 0 Å². The molecule has 0 aliphatic heterocycles. The van der Waals surface area contributed by atoms with E-state index in [0.29, 0.717) is 28.0 Å². The van der Waals surface area contributed by atoms with Crippen LogP contribution >= 0.6 is 11.6 Å². The summed E-state index contributed by atoms with van der Waals surface area (Å²) in [5, 5.41) is 4.58. The molecule has 0 saturated heterocycles. The first-order valence-corrected chi connectivity index (χ1v) is 8.41. The third-order valence-corrected chi connectivity index (χ3v) is 4.18. The molecule has 1 N–H and O–H groups in total. The van der Waals surface area contributed by atoms with Gasteiger partial charge in [0.05, 0.1) is 16.9 Å². The van der Waals surface area contributed by atoms with Gasteiger partial charge in [0, 0.05) is 6.20 Å². The van der Waals surface area contributed by atoms with Gasteiger partial charge in [0.15, 0.2) is 0 Å². The van der Waals surface area contributed by atoms with E-state index in [4.69, 9.17) is 11.6 Å². The van der Waals surface area contributed by atoms with E-state index < -0.39 is 0 Å². The average Bonchev–Trinajstić information content (AvgIpc) is 2.90. The molecular weight excluding hydrogens is 336 g/mol. The van der Waals surface area contributed by atoms with E-state index in [2.05, 4.69) is 41.5 Å². The van der Waals surface area contributed by atoms with Gasteiger partial charge in [-0.2, -0.15) is 5.10 Å². The number of carbonyl (C=O) groups excluding carboxylic acids is 1. The molecule has 0 radical (unpaired) electrons. The number of imidazole rings is 1. The zero-order chi connectivity index (χ0) is 18.0. The van der Waals surface area contributed by atoms with Crippen molar-refractivity contribution in [1.82, 2.24) is 14.8 Å². The number of rotatable bonds is 4. The Morgan fingerprint density at radius 2 is 1.96 bits per heavy atom. The fraction of sp³-hybridized carbons (Fsp3) is 0.211. The van der Waals surface area contributed by atoms with Gasteiger partial charge in [0.2, 0.25) is 0 Å². The van der Waals surface area contributed by atoms with Gasteiger partial charge < -0.3 is 0 Å². The SMILES string of the molecule is Cc1nc2ccc(Cl)cn2c1C(=O)N/N=C/c1ccc(C(C)C)cc1. The summed E-state index contributed by atoms with van der Waals surface area (Å²) in [5.74, 6) is 0.151. The lowest BCUT2D eigenvalue weighted by Gasteiger charge is -2.04. The Morgan fingerprint density at radius 1 is 1.24 bits per heavy atom. The molecule has 0 unspecified atom stereocenters. The summed E-state index contributed by atoms with van der Waals surface area (Å²) >= 11 is 6.01. The number of pyridine rings is 1. The third-order valence-electron chi connectivity index (χ3n) is 3.95. The number of nitrogens with one attached hydrogen (secondary N) is 1. The molecule has 0 fully saturated rings. The van der Waals surface area contributed by atoms with E-state index in [1.807, 2.05) is 12.1 Å². The van der Waals surface area contributed by atoms with E-state index in [1.54, 1.807) is 35.9 Å². The lowest BCUT2D eigenvalue weighted by molar-refractivity contribution is 0.0948. The number of hydrogen-bond acceptors (Lipinski definition) is 3. The topological polar surface area (TPSA) is 58.8 Å². The summed E-state index contributed by atoms with van der Waals surface area (Å²) in [6.07, 6.45) is 3.29. The second-order valence-electron chi connectivity index (χ2n) is 6.14. The number of aromatic nitrogens is 2. The summed E-state index contributed by atoms with van der Waals surface area (Å²) < 4.78 is 1.67. The Hall–Kier alpha value is -2.66. The quantitative estimate of drug-likeness (QED) is 0.564. The Bertz CT molecular complexity index is 942. The van der Waals surface area contributed by atoms with E-state index in [9.17, 15) is 4.79 Å². The van der Waals surface area contributed by atoms with Crippen molar-refractivity contribution >= 4 is 29.4 Å². The van der Waals surface area contributed by atoms with Gasteiger partial charge in [-0.3, -0.25) is 9.20 Å². The monoisotopic (exact) mass is 354 g/mol. The van der Waals surface area contributed by atoms with Crippen molar-refractivity contribution in [3.05, 3.63) is 70.1 Å². The van der Waals surface area contributed by atoms with Crippen LogP contribution in [0.25, 0.3) is 5.65 Å². The van der Waals surface area contributed by atoms with Gasteiger partial charge in [-0.15, -0.1) is 0 Å². The lowest BCUT2D eigenvalue weighted by atomic mass is 10.0. The van der Waals surface area contributed by atoms with Crippen LogP contribution in [0.1, 0.15) is 47.1 Å². The first-order valence-electron chi connectivity index (χ1n) is 8.03. The summed E-state index contributed by atoms with van der Waals surface area (Å²) in [6.45, 7) is 6.08. The van der Waals surface area contributed by atoms with Crippen molar-refractivity contribution in [2.75, 3.05) is 0 Å². The second kappa shape index (κ2) is 7.07. The lowest BCUT2D eigenvalue weighted by Crippen LogP contribution is -2.20. The first-order chi connectivity index (χ1) is 12.0. The summed E-state index contributed by atoms with van der Waals surface area (Å²) in [7, 11) is 0. The van der Waals surface area contributed by atoms with Gasteiger partial charge in [0.1, 0.15) is 11.3 Å². The molecule has 2 heterocycles. The Balaban J connectivity index is 1.76. The summed E-state index contributed by atoms with van der Waals surface area (Å²) in [6, 6.07) is 11.6. The van der Waals surface area contributed by atoms with Crippen LogP contribution < -0.4 is 5.43 Å².